The third-order valence-corrected chi connectivity index (χ3v) is 2.50. The molecule has 70 valence electrons. The molecule has 2 nitrogen and oxygen atoms in total. The molecule has 0 aliphatic carbocycles. The molecule has 2 rings (SSSR count). The molecule has 0 unspecified atom stereocenters. The summed E-state index contributed by atoms with van der Waals surface area (Å²) in [5.41, 5.74) is 0.962. The van der Waals surface area contributed by atoms with E-state index >= 15 is 0 Å². The zero-order valence-corrected chi connectivity index (χ0v) is 7.63. The minimum atomic E-state index is -0.251. The Morgan fingerprint density at radius 1 is 1.46 bits per heavy atom. The fourth-order valence-electron chi connectivity index (χ4n) is 1.81. The number of aromatic nitrogens is 1. The first kappa shape index (κ1) is 8.63. The lowest BCUT2D eigenvalue weighted by molar-refractivity contribution is 0.571. The van der Waals surface area contributed by atoms with Crippen LogP contribution in [0, 0.1) is 5.82 Å². The van der Waals surface area contributed by atoms with Gasteiger partial charge < -0.3 is 5.32 Å². The van der Waals surface area contributed by atoms with Crippen molar-refractivity contribution in [2.75, 3.05) is 0 Å². The molecule has 2 atom stereocenters. The Morgan fingerprint density at radius 2 is 2.31 bits per heavy atom. The zero-order valence-electron chi connectivity index (χ0n) is 7.63. The SMILES string of the molecule is C[C@H]1CC[C@H](c2cncc(F)c2)N1. The van der Waals surface area contributed by atoms with Gasteiger partial charge in [-0.05, 0) is 31.4 Å². The maximum Gasteiger partial charge on any atom is 0.141 e. The van der Waals surface area contributed by atoms with Gasteiger partial charge in [0.15, 0.2) is 0 Å². The standard InChI is InChI=1S/C10H13FN2/c1-7-2-3-10(13-7)8-4-9(11)6-12-5-8/h4-7,10,13H,2-3H2,1H3/t7-,10+/m0/s1. The van der Waals surface area contributed by atoms with Gasteiger partial charge in [0.05, 0.1) is 6.20 Å². The average molecular weight is 180 g/mol. The van der Waals surface area contributed by atoms with Crippen LogP contribution in [0.1, 0.15) is 31.4 Å². The first-order valence-electron chi connectivity index (χ1n) is 4.62. The van der Waals surface area contributed by atoms with Crippen molar-refractivity contribution in [3.63, 3.8) is 0 Å². The van der Waals surface area contributed by atoms with Crippen molar-refractivity contribution in [2.45, 2.75) is 31.8 Å². The van der Waals surface area contributed by atoms with E-state index in [1.807, 2.05) is 0 Å². The molecule has 1 aromatic rings. The lowest BCUT2D eigenvalue weighted by Crippen LogP contribution is -2.20. The monoisotopic (exact) mass is 180 g/mol. The van der Waals surface area contributed by atoms with E-state index in [1.165, 1.54) is 6.20 Å². The van der Waals surface area contributed by atoms with Crippen LogP contribution in [-0.2, 0) is 0 Å². The second-order valence-electron chi connectivity index (χ2n) is 3.63. The summed E-state index contributed by atoms with van der Waals surface area (Å²) in [6.45, 7) is 2.15. The van der Waals surface area contributed by atoms with E-state index in [0.29, 0.717) is 6.04 Å². The summed E-state index contributed by atoms with van der Waals surface area (Å²) in [6, 6.07) is 2.38. The highest BCUT2D eigenvalue weighted by Crippen LogP contribution is 2.25. The molecule has 0 amide bonds. The minimum Gasteiger partial charge on any atom is -0.307 e. The van der Waals surface area contributed by atoms with Crippen molar-refractivity contribution in [3.05, 3.63) is 29.8 Å². The summed E-state index contributed by atoms with van der Waals surface area (Å²) in [6.07, 6.45) is 5.20. The van der Waals surface area contributed by atoms with Crippen LogP contribution in [0.4, 0.5) is 4.39 Å². The predicted octanol–water partition coefficient (Wildman–Crippen LogP) is 2.03. The van der Waals surface area contributed by atoms with E-state index in [0.717, 1.165) is 18.4 Å². The summed E-state index contributed by atoms with van der Waals surface area (Å²) in [4.78, 5) is 3.84. The number of hydrogen-bond donors (Lipinski definition) is 1. The van der Waals surface area contributed by atoms with Crippen LogP contribution in [0.2, 0.25) is 0 Å². The molecule has 1 fully saturated rings. The van der Waals surface area contributed by atoms with Gasteiger partial charge in [-0.25, -0.2) is 4.39 Å². The average Bonchev–Trinajstić information content (AvgIpc) is 2.52. The van der Waals surface area contributed by atoms with Crippen LogP contribution < -0.4 is 5.32 Å². The topological polar surface area (TPSA) is 24.9 Å². The number of nitrogens with one attached hydrogen (secondary N) is 1. The van der Waals surface area contributed by atoms with Crippen molar-refractivity contribution in [2.24, 2.45) is 0 Å². The third-order valence-electron chi connectivity index (χ3n) is 2.50. The Labute approximate surface area is 77.2 Å². The second-order valence-corrected chi connectivity index (χ2v) is 3.63. The minimum absolute atomic E-state index is 0.251. The van der Waals surface area contributed by atoms with Gasteiger partial charge in [0.1, 0.15) is 5.82 Å². The molecule has 3 heteroatoms. The van der Waals surface area contributed by atoms with Gasteiger partial charge in [0.2, 0.25) is 0 Å². The predicted molar refractivity (Wildman–Crippen MR) is 48.8 cm³/mol. The van der Waals surface area contributed by atoms with Gasteiger partial charge in [0, 0.05) is 18.3 Å². The summed E-state index contributed by atoms with van der Waals surface area (Å²) >= 11 is 0. The van der Waals surface area contributed by atoms with Crippen molar-refractivity contribution < 1.29 is 4.39 Å². The quantitative estimate of drug-likeness (QED) is 0.715. The molecule has 1 N–H and O–H groups in total. The lowest BCUT2D eigenvalue weighted by atomic mass is 10.1. The number of nitrogens with zero attached hydrogens (tertiary/aromatic N) is 1. The van der Waals surface area contributed by atoms with E-state index in [9.17, 15) is 4.39 Å². The summed E-state index contributed by atoms with van der Waals surface area (Å²) in [5, 5.41) is 3.39. The molecule has 1 aliphatic rings. The van der Waals surface area contributed by atoms with Crippen molar-refractivity contribution in [1.29, 1.82) is 0 Å². The summed E-state index contributed by atoms with van der Waals surface area (Å²) < 4.78 is 12.8. The van der Waals surface area contributed by atoms with Gasteiger partial charge in [-0.2, -0.15) is 0 Å². The Bertz CT molecular complexity index is 301. The van der Waals surface area contributed by atoms with Gasteiger partial charge in [-0.1, -0.05) is 0 Å². The van der Waals surface area contributed by atoms with E-state index in [2.05, 4.69) is 17.2 Å². The molecule has 0 aromatic carbocycles. The smallest absolute Gasteiger partial charge is 0.141 e. The lowest BCUT2D eigenvalue weighted by Gasteiger charge is -2.11. The van der Waals surface area contributed by atoms with E-state index < -0.39 is 0 Å². The molecule has 1 saturated heterocycles. The molecule has 13 heavy (non-hydrogen) atoms. The Hall–Kier alpha value is -0.960. The molecule has 2 heterocycles. The molecule has 0 bridgehead atoms. The second kappa shape index (κ2) is 3.42. The molecule has 1 aliphatic heterocycles. The maximum atomic E-state index is 12.8. The van der Waals surface area contributed by atoms with Gasteiger partial charge in [-0.3, -0.25) is 4.98 Å². The van der Waals surface area contributed by atoms with Crippen LogP contribution in [0.3, 0.4) is 0 Å². The first-order valence-corrected chi connectivity index (χ1v) is 4.62. The Kier molecular flexibility index (Phi) is 2.27. The number of rotatable bonds is 1. The Morgan fingerprint density at radius 3 is 2.92 bits per heavy atom. The summed E-state index contributed by atoms with van der Waals surface area (Å²) in [7, 11) is 0. The normalized spacial score (nSPS) is 27.8. The van der Waals surface area contributed by atoms with Crippen molar-refractivity contribution >= 4 is 0 Å². The Balaban J connectivity index is 2.16. The first-order chi connectivity index (χ1) is 6.25. The van der Waals surface area contributed by atoms with Crippen LogP contribution in [0.15, 0.2) is 18.5 Å². The maximum absolute atomic E-state index is 12.8. The molecule has 0 spiro atoms. The number of pyridine rings is 1. The van der Waals surface area contributed by atoms with Crippen LogP contribution in [0.25, 0.3) is 0 Å². The van der Waals surface area contributed by atoms with Gasteiger partial charge >= 0.3 is 0 Å². The van der Waals surface area contributed by atoms with E-state index in [1.54, 1.807) is 12.3 Å². The largest absolute Gasteiger partial charge is 0.307 e. The highest BCUT2D eigenvalue weighted by atomic mass is 19.1. The van der Waals surface area contributed by atoms with Crippen molar-refractivity contribution in [3.8, 4) is 0 Å². The highest BCUT2D eigenvalue weighted by Gasteiger charge is 2.21. The fraction of sp³-hybridized carbons (Fsp3) is 0.500. The number of halogens is 1. The van der Waals surface area contributed by atoms with E-state index in [-0.39, 0.29) is 11.9 Å². The highest BCUT2D eigenvalue weighted by molar-refractivity contribution is 5.16. The van der Waals surface area contributed by atoms with Crippen molar-refractivity contribution in [1.82, 2.24) is 10.3 Å². The molecule has 0 radical (unpaired) electrons. The van der Waals surface area contributed by atoms with E-state index in [4.69, 9.17) is 0 Å². The van der Waals surface area contributed by atoms with Gasteiger partial charge in [0.25, 0.3) is 0 Å². The zero-order chi connectivity index (χ0) is 9.26. The molecule has 1 aromatic heterocycles. The fourth-order valence-corrected chi connectivity index (χ4v) is 1.81. The molecular weight excluding hydrogens is 167 g/mol. The molecular formula is C10H13FN2. The molecule has 0 saturated carbocycles. The van der Waals surface area contributed by atoms with Crippen LogP contribution in [0.5, 0.6) is 0 Å². The number of hydrogen-bond acceptors (Lipinski definition) is 2. The van der Waals surface area contributed by atoms with Crippen LogP contribution >= 0.6 is 0 Å². The summed E-state index contributed by atoms with van der Waals surface area (Å²) in [5.74, 6) is -0.251. The van der Waals surface area contributed by atoms with Gasteiger partial charge in [-0.15, -0.1) is 0 Å². The third kappa shape index (κ3) is 1.86. The van der Waals surface area contributed by atoms with Crippen LogP contribution in [-0.4, -0.2) is 11.0 Å².